The van der Waals surface area contributed by atoms with Crippen molar-refractivity contribution in [2.24, 2.45) is 0 Å². The molecule has 0 aliphatic carbocycles. The monoisotopic (exact) mass is 270 g/mol. The van der Waals surface area contributed by atoms with Gasteiger partial charge in [-0.05, 0) is 30.4 Å². The van der Waals surface area contributed by atoms with Gasteiger partial charge >= 0.3 is 0 Å². The van der Waals surface area contributed by atoms with Crippen molar-refractivity contribution < 1.29 is 4.74 Å². The second-order valence-electron chi connectivity index (χ2n) is 5.29. The molecule has 2 aromatic heterocycles. The average Bonchev–Trinajstić information content (AvgIpc) is 2.45. The lowest BCUT2D eigenvalue weighted by atomic mass is 9.90. The van der Waals surface area contributed by atoms with Crippen LogP contribution in [0.25, 0.3) is 11.1 Å². The van der Waals surface area contributed by atoms with Gasteiger partial charge in [-0.1, -0.05) is 20.8 Å². The van der Waals surface area contributed by atoms with E-state index >= 15 is 0 Å². The van der Waals surface area contributed by atoms with Crippen LogP contribution in [0.4, 0.5) is 0 Å². The highest BCUT2D eigenvalue weighted by Gasteiger charge is 2.17. The van der Waals surface area contributed by atoms with Crippen molar-refractivity contribution in [3.63, 3.8) is 0 Å². The van der Waals surface area contributed by atoms with Gasteiger partial charge in [-0.3, -0.25) is 9.97 Å². The Kier molecular flexibility index (Phi) is 4.38. The molecule has 0 amide bonds. The normalized spacial score (nSPS) is 10.9. The standard InChI is InChI=1S/C17H22N2O/c1-6-13-12(4)7-18-8-14(13)15-9-19-10-16(20-5)17(15)11(2)3/h7-11H,6H2,1-5H3. The summed E-state index contributed by atoms with van der Waals surface area (Å²) >= 11 is 0. The number of methoxy groups -OCH3 is 1. The molecule has 0 saturated carbocycles. The van der Waals surface area contributed by atoms with E-state index in [1.165, 1.54) is 22.3 Å². The lowest BCUT2D eigenvalue weighted by molar-refractivity contribution is 0.406. The van der Waals surface area contributed by atoms with Crippen molar-refractivity contribution in [3.05, 3.63) is 41.5 Å². The van der Waals surface area contributed by atoms with Crippen LogP contribution >= 0.6 is 0 Å². The molecule has 0 fully saturated rings. The average molecular weight is 270 g/mol. The van der Waals surface area contributed by atoms with E-state index in [0.717, 1.165) is 17.7 Å². The molecular weight excluding hydrogens is 248 g/mol. The second-order valence-corrected chi connectivity index (χ2v) is 5.29. The minimum atomic E-state index is 0.369. The summed E-state index contributed by atoms with van der Waals surface area (Å²) in [6, 6.07) is 0. The Hall–Kier alpha value is -1.90. The predicted molar refractivity (Wildman–Crippen MR) is 82.2 cm³/mol. The van der Waals surface area contributed by atoms with Gasteiger partial charge in [0, 0.05) is 35.3 Å². The van der Waals surface area contributed by atoms with Gasteiger partial charge in [0.1, 0.15) is 5.75 Å². The number of pyridine rings is 2. The van der Waals surface area contributed by atoms with E-state index < -0.39 is 0 Å². The van der Waals surface area contributed by atoms with Gasteiger partial charge in [0.05, 0.1) is 13.3 Å². The molecular formula is C17H22N2O. The van der Waals surface area contributed by atoms with Crippen molar-refractivity contribution in [1.82, 2.24) is 9.97 Å². The van der Waals surface area contributed by atoms with Crippen LogP contribution in [0.5, 0.6) is 5.75 Å². The van der Waals surface area contributed by atoms with Gasteiger partial charge < -0.3 is 4.74 Å². The van der Waals surface area contributed by atoms with Crippen molar-refractivity contribution in [3.8, 4) is 16.9 Å². The molecule has 0 spiro atoms. The molecule has 0 N–H and O–H groups in total. The summed E-state index contributed by atoms with van der Waals surface area (Å²) in [7, 11) is 1.70. The summed E-state index contributed by atoms with van der Waals surface area (Å²) in [6.45, 7) is 8.64. The summed E-state index contributed by atoms with van der Waals surface area (Å²) in [5.41, 5.74) is 6.05. The van der Waals surface area contributed by atoms with Gasteiger partial charge in [-0.2, -0.15) is 0 Å². The zero-order valence-corrected chi connectivity index (χ0v) is 12.9. The Labute approximate surface area is 121 Å². The molecule has 0 saturated heterocycles. The van der Waals surface area contributed by atoms with Crippen LogP contribution in [0.15, 0.2) is 24.8 Å². The van der Waals surface area contributed by atoms with E-state index in [2.05, 4.69) is 37.7 Å². The predicted octanol–water partition coefficient (Wildman–Crippen LogP) is 4.15. The first-order valence-corrected chi connectivity index (χ1v) is 7.05. The summed E-state index contributed by atoms with van der Waals surface area (Å²) in [4.78, 5) is 8.68. The third-order valence-electron chi connectivity index (χ3n) is 3.66. The van der Waals surface area contributed by atoms with E-state index in [0.29, 0.717) is 5.92 Å². The zero-order valence-electron chi connectivity index (χ0n) is 12.9. The fraction of sp³-hybridized carbons (Fsp3) is 0.412. The van der Waals surface area contributed by atoms with Crippen LogP contribution in [0.3, 0.4) is 0 Å². The fourth-order valence-corrected chi connectivity index (χ4v) is 2.72. The van der Waals surface area contributed by atoms with Crippen molar-refractivity contribution >= 4 is 0 Å². The Morgan fingerprint density at radius 1 is 1.05 bits per heavy atom. The number of rotatable bonds is 4. The van der Waals surface area contributed by atoms with E-state index in [1.54, 1.807) is 13.3 Å². The van der Waals surface area contributed by atoms with E-state index in [-0.39, 0.29) is 0 Å². The summed E-state index contributed by atoms with van der Waals surface area (Å²) in [6.07, 6.45) is 8.55. The van der Waals surface area contributed by atoms with Gasteiger partial charge in [0.25, 0.3) is 0 Å². The minimum absolute atomic E-state index is 0.369. The third-order valence-corrected chi connectivity index (χ3v) is 3.66. The van der Waals surface area contributed by atoms with Crippen molar-refractivity contribution in [2.75, 3.05) is 7.11 Å². The van der Waals surface area contributed by atoms with Crippen LogP contribution < -0.4 is 4.74 Å². The maximum atomic E-state index is 5.49. The molecule has 2 heterocycles. The van der Waals surface area contributed by atoms with Crippen LogP contribution in [0.2, 0.25) is 0 Å². The topological polar surface area (TPSA) is 35.0 Å². The van der Waals surface area contributed by atoms with Gasteiger partial charge in [-0.25, -0.2) is 0 Å². The number of aryl methyl sites for hydroxylation is 1. The number of aromatic nitrogens is 2. The number of ether oxygens (including phenoxy) is 1. The van der Waals surface area contributed by atoms with E-state index in [4.69, 9.17) is 4.74 Å². The zero-order chi connectivity index (χ0) is 14.7. The first kappa shape index (κ1) is 14.5. The van der Waals surface area contributed by atoms with E-state index in [9.17, 15) is 0 Å². The molecule has 106 valence electrons. The largest absolute Gasteiger partial charge is 0.495 e. The third kappa shape index (κ3) is 2.53. The number of hydrogen-bond acceptors (Lipinski definition) is 3. The van der Waals surface area contributed by atoms with Crippen LogP contribution in [0.1, 0.15) is 43.4 Å². The molecule has 0 aliphatic rings. The fourth-order valence-electron chi connectivity index (χ4n) is 2.72. The summed E-state index contributed by atoms with van der Waals surface area (Å²) < 4.78 is 5.49. The molecule has 3 heteroatoms. The van der Waals surface area contributed by atoms with Crippen LogP contribution in [0, 0.1) is 6.92 Å². The first-order chi connectivity index (χ1) is 9.60. The second kappa shape index (κ2) is 6.04. The molecule has 0 aromatic carbocycles. The highest BCUT2D eigenvalue weighted by molar-refractivity contribution is 5.73. The SMILES string of the molecule is CCc1c(C)cncc1-c1cncc(OC)c1C(C)C. The maximum Gasteiger partial charge on any atom is 0.141 e. The Balaban J connectivity index is 2.73. The Morgan fingerprint density at radius 3 is 2.30 bits per heavy atom. The molecule has 0 radical (unpaired) electrons. The first-order valence-electron chi connectivity index (χ1n) is 7.05. The lowest BCUT2D eigenvalue weighted by Gasteiger charge is -2.18. The van der Waals surface area contributed by atoms with E-state index in [1.807, 2.05) is 18.6 Å². The van der Waals surface area contributed by atoms with Gasteiger partial charge in [-0.15, -0.1) is 0 Å². The quantitative estimate of drug-likeness (QED) is 0.837. The van der Waals surface area contributed by atoms with Crippen molar-refractivity contribution in [1.29, 1.82) is 0 Å². The molecule has 0 bridgehead atoms. The van der Waals surface area contributed by atoms with Crippen LogP contribution in [-0.2, 0) is 6.42 Å². The molecule has 0 atom stereocenters. The molecule has 2 rings (SSSR count). The Morgan fingerprint density at radius 2 is 1.70 bits per heavy atom. The number of nitrogens with zero attached hydrogens (tertiary/aromatic N) is 2. The minimum Gasteiger partial charge on any atom is -0.495 e. The van der Waals surface area contributed by atoms with Crippen LogP contribution in [-0.4, -0.2) is 17.1 Å². The maximum absolute atomic E-state index is 5.49. The molecule has 0 aliphatic heterocycles. The summed E-state index contributed by atoms with van der Waals surface area (Å²) in [5.74, 6) is 1.22. The molecule has 2 aromatic rings. The smallest absolute Gasteiger partial charge is 0.141 e. The Bertz CT molecular complexity index is 606. The molecule has 3 nitrogen and oxygen atoms in total. The van der Waals surface area contributed by atoms with Gasteiger partial charge in [0.2, 0.25) is 0 Å². The summed E-state index contributed by atoms with van der Waals surface area (Å²) in [5, 5.41) is 0. The number of hydrogen-bond donors (Lipinski definition) is 0. The molecule has 0 unspecified atom stereocenters. The van der Waals surface area contributed by atoms with Crippen molar-refractivity contribution in [2.45, 2.75) is 40.0 Å². The lowest BCUT2D eigenvalue weighted by Crippen LogP contribution is -2.02. The van der Waals surface area contributed by atoms with Gasteiger partial charge in [0.15, 0.2) is 0 Å². The molecule has 20 heavy (non-hydrogen) atoms. The highest BCUT2D eigenvalue weighted by Crippen LogP contribution is 2.37. The highest BCUT2D eigenvalue weighted by atomic mass is 16.5.